The summed E-state index contributed by atoms with van der Waals surface area (Å²) in [6.07, 6.45) is 4.36. The Labute approximate surface area is 127 Å². The number of nitriles is 2. The number of nitrogens with zero attached hydrogens (tertiary/aromatic N) is 4. The number of likely N-dealkylation sites (tertiary alicyclic amines) is 1. The Morgan fingerprint density at radius 1 is 1.43 bits per heavy atom. The van der Waals surface area contributed by atoms with Crippen LogP contribution in [0.4, 0.5) is 5.13 Å². The van der Waals surface area contributed by atoms with Gasteiger partial charge in [-0.15, -0.1) is 0 Å². The number of rotatable bonds is 4. The fraction of sp³-hybridized carbons (Fsp3) is 0.400. The molecule has 0 amide bonds. The summed E-state index contributed by atoms with van der Waals surface area (Å²) in [6.45, 7) is 2.64. The van der Waals surface area contributed by atoms with Gasteiger partial charge in [-0.3, -0.25) is 0 Å². The predicted octanol–water partition coefficient (Wildman–Crippen LogP) is 2.77. The molecule has 1 N–H and O–H groups in total. The Morgan fingerprint density at radius 2 is 2.33 bits per heavy atom. The van der Waals surface area contributed by atoms with Crippen molar-refractivity contribution in [2.75, 3.05) is 25.0 Å². The van der Waals surface area contributed by atoms with E-state index in [0.717, 1.165) is 47.8 Å². The maximum atomic E-state index is 8.90. The van der Waals surface area contributed by atoms with Gasteiger partial charge in [0, 0.05) is 19.6 Å². The Kier molecular flexibility index (Phi) is 3.89. The van der Waals surface area contributed by atoms with Crippen LogP contribution in [0.1, 0.15) is 18.4 Å². The summed E-state index contributed by atoms with van der Waals surface area (Å²) >= 11 is 1.58. The number of hydrogen-bond acceptors (Lipinski definition) is 6. The number of fused-ring (bicyclic) bond motifs is 1. The van der Waals surface area contributed by atoms with E-state index >= 15 is 0 Å². The highest BCUT2D eigenvalue weighted by Crippen LogP contribution is 2.27. The molecule has 2 aromatic rings. The van der Waals surface area contributed by atoms with Crippen molar-refractivity contribution in [3.05, 3.63) is 23.8 Å². The number of benzene rings is 1. The molecule has 1 aromatic carbocycles. The predicted molar refractivity (Wildman–Crippen MR) is 82.7 cm³/mol. The monoisotopic (exact) mass is 297 g/mol. The van der Waals surface area contributed by atoms with Crippen LogP contribution in [0.3, 0.4) is 0 Å². The van der Waals surface area contributed by atoms with Crippen LogP contribution in [0, 0.1) is 28.7 Å². The fourth-order valence-corrected chi connectivity index (χ4v) is 3.54. The van der Waals surface area contributed by atoms with Gasteiger partial charge in [-0.25, -0.2) is 4.98 Å². The normalized spacial score (nSPS) is 17.6. The minimum absolute atomic E-state index is 0.594. The molecule has 106 valence electrons. The quantitative estimate of drug-likeness (QED) is 0.878. The van der Waals surface area contributed by atoms with Crippen LogP contribution in [0.2, 0.25) is 0 Å². The zero-order valence-corrected chi connectivity index (χ0v) is 12.4. The summed E-state index contributed by atoms with van der Waals surface area (Å²) in [4.78, 5) is 6.34. The van der Waals surface area contributed by atoms with Crippen molar-refractivity contribution >= 4 is 26.7 Å². The second kappa shape index (κ2) is 5.99. The minimum atomic E-state index is 0.594. The van der Waals surface area contributed by atoms with Crippen LogP contribution >= 0.6 is 11.3 Å². The third-order valence-corrected chi connectivity index (χ3v) is 4.75. The summed E-state index contributed by atoms with van der Waals surface area (Å²) in [5.41, 5.74) is 1.60. The Balaban J connectivity index is 1.56. The molecule has 3 rings (SSSR count). The first-order chi connectivity index (χ1) is 10.3. The standard InChI is InChI=1S/C15H15N5S/c16-8-12-1-2-13-14(7-12)21-15(19-13)18-5-3-11-4-6-20(9-11)10-17/h1-2,7,11H,3-6,9H2,(H,18,19). The van der Waals surface area contributed by atoms with Gasteiger partial charge >= 0.3 is 0 Å². The molecule has 0 aliphatic carbocycles. The third kappa shape index (κ3) is 3.07. The van der Waals surface area contributed by atoms with Crippen LogP contribution in [0.15, 0.2) is 18.2 Å². The van der Waals surface area contributed by atoms with Gasteiger partial charge in [0.1, 0.15) is 0 Å². The molecule has 2 heterocycles. The van der Waals surface area contributed by atoms with E-state index in [1.54, 1.807) is 17.4 Å². The van der Waals surface area contributed by atoms with Gasteiger partial charge < -0.3 is 10.2 Å². The first-order valence-electron chi connectivity index (χ1n) is 6.98. The van der Waals surface area contributed by atoms with Crippen LogP contribution in [-0.2, 0) is 0 Å². The van der Waals surface area contributed by atoms with E-state index in [0.29, 0.717) is 11.5 Å². The van der Waals surface area contributed by atoms with Gasteiger partial charge in [-0.05, 0) is 37.0 Å². The molecule has 0 spiro atoms. The molecule has 6 heteroatoms. The van der Waals surface area contributed by atoms with Crippen LogP contribution < -0.4 is 5.32 Å². The summed E-state index contributed by atoms with van der Waals surface area (Å²) in [7, 11) is 0. The van der Waals surface area contributed by atoms with E-state index in [9.17, 15) is 0 Å². The molecule has 21 heavy (non-hydrogen) atoms. The zero-order valence-electron chi connectivity index (χ0n) is 11.5. The molecule has 1 fully saturated rings. The molecule has 1 aliphatic heterocycles. The number of thiazole rings is 1. The largest absolute Gasteiger partial charge is 0.361 e. The SMILES string of the molecule is N#Cc1ccc2nc(NCCC3CCN(C#N)C3)sc2c1. The molecular formula is C15H15N5S. The average Bonchev–Trinajstić information content (AvgIpc) is 3.12. The highest BCUT2D eigenvalue weighted by Gasteiger charge is 2.20. The maximum absolute atomic E-state index is 8.90. The lowest BCUT2D eigenvalue weighted by Crippen LogP contribution is -2.15. The highest BCUT2D eigenvalue weighted by atomic mass is 32.1. The summed E-state index contributed by atoms with van der Waals surface area (Å²) < 4.78 is 1.04. The van der Waals surface area contributed by atoms with E-state index < -0.39 is 0 Å². The van der Waals surface area contributed by atoms with Gasteiger partial charge in [-0.1, -0.05) is 11.3 Å². The minimum Gasteiger partial charge on any atom is -0.361 e. The molecule has 1 aromatic heterocycles. The van der Waals surface area contributed by atoms with Crippen molar-refractivity contribution in [3.8, 4) is 12.3 Å². The molecule has 0 saturated carbocycles. The van der Waals surface area contributed by atoms with Crippen molar-refractivity contribution in [1.82, 2.24) is 9.88 Å². The lowest BCUT2D eigenvalue weighted by atomic mass is 10.1. The Morgan fingerprint density at radius 3 is 3.10 bits per heavy atom. The molecule has 1 aliphatic rings. The van der Waals surface area contributed by atoms with E-state index in [2.05, 4.69) is 22.6 Å². The molecule has 0 bridgehead atoms. The molecule has 5 nitrogen and oxygen atoms in total. The lowest BCUT2D eigenvalue weighted by Gasteiger charge is -2.09. The Hall–Kier alpha value is -2.31. The number of anilines is 1. The first kappa shape index (κ1) is 13.7. The number of nitrogens with one attached hydrogen (secondary N) is 1. The maximum Gasteiger partial charge on any atom is 0.183 e. The highest BCUT2D eigenvalue weighted by molar-refractivity contribution is 7.22. The van der Waals surface area contributed by atoms with Gasteiger partial charge in [0.05, 0.1) is 21.8 Å². The van der Waals surface area contributed by atoms with Crippen molar-refractivity contribution < 1.29 is 0 Å². The van der Waals surface area contributed by atoms with Crippen LogP contribution in [0.5, 0.6) is 0 Å². The van der Waals surface area contributed by atoms with Crippen molar-refractivity contribution in [3.63, 3.8) is 0 Å². The van der Waals surface area contributed by atoms with E-state index in [1.807, 2.05) is 17.0 Å². The van der Waals surface area contributed by atoms with E-state index in [1.165, 1.54) is 0 Å². The van der Waals surface area contributed by atoms with Gasteiger partial charge in [0.15, 0.2) is 11.3 Å². The second-order valence-corrected chi connectivity index (χ2v) is 6.26. The molecule has 1 unspecified atom stereocenters. The molecule has 0 radical (unpaired) electrons. The van der Waals surface area contributed by atoms with Crippen molar-refractivity contribution in [2.45, 2.75) is 12.8 Å². The van der Waals surface area contributed by atoms with E-state index in [4.69, 9.17) is 10.5 Å². The zero-order chi connectivity index (χ0) is 14.7. The average molecular weight is 297 g/mol. The second-order valence-electron chi connectivity index (χ2n) is 5.23. The summed E-state index contributed by atoms with van der Waals surface area (Å²) in [5, 5.41) is 22.0. The number of aromatic nitrogens is 1. The summed E-state index contributed by atoms with van der Waals surface area (Å²) in [5.74, 6) is 0.594. The van der Waals surface area contributed by atoms with Gasteiger partial charge in [0.25, 0.3) is 0 Å². The van der Waals surface area contributed by atoms with Crippen molar-refractivity contribution in [1.29, 1.82) is 10.5 Å². The Bertz CT molecular complexity index is 724. The number of hydrogen-bond donors (Lipinski definition) is 1. The van der Waals surface area contributed by atoms with Crippen molar-refractivity contribution in [2.24, 2.45) is 5.92 Å². The van der Waals surface area contributed by atoms with Crippen LogP contribution in [0.25, 0.3) is 10.2 Å². The van der Waals surface area contributed by atoms with Crippen LogP contribution in [-0.4, -0.2) is 29.5 Å². The van der Waals surface area contributed by atoms with Gasteiger partial charge in [-0.2, -0.15) is 10.5 Å². The molecule has 1 saturated heterocycles. The third-order valence-electron chi connectivity index (χ3n) is 3.77. The first-order valence-corrected chi connectivity index (χ1v) is 7.79. The topological polar surface area (TPSA) is 75.7 Å². The fourth-order valence-electron chi connectivity index (χ4n) is 2.61. The van der Waals surface area contributed by atoms with Gasteiger partial charge in [0.2, 0.25) is 0 Å². The summed E-state index contributed by atoms with van der Waals surface area (Å²) in [6, 6.07) is 7.70. The lowest BCUT2D eigenvalue weighted by molar-refractivity contribution is 0.446. The molecular weight excluding hydrogens is 282 g/mol. The smallest absolute Gasteiger partial charge is 0.183 e. The molecule has 1 atom stereocenters. The van der Waals surface area contributed by atoms with E-state index in [-0.39, 0.29) is 0 Å².